The molecule has 114 valence electrons. The molecule has 1 N–H and O–H groups in total. The van der Waals surface area contributed by atoms with E-state index in [1.54, 1.807) is 0 Å². The molecule has 0 spiro atoms. The van der Waals surface area contributed by atoms with E-state index < -0.39 is 0 Å². The Balaban J connectivity index is 1.85. The number of oxazole rings is 1. The quantitative estimate of drug-likeness (QED) is 0.822. The van der Waals surface area contributed by atoms with Gasteiger partial charge in [-0.2, -0.15) is 0 Å². The minimum absolute atomic E-state index is 0.184. The molecule has 3 heteroatoms. The zero-order chi connectivity index (χ0) is 15.2. The maximum absolute atomic E-state index is 5.97. The molecule has 2 rings (SSSR count). The first-order valence-corrected chi connectivity index (χ1v) is 7.75. The highest BCUT2D eigenvalue weighted by molar-refractivity contribution is 5.27. The van der Waals surface area contributed by atoms with Crippen molar-refractivity contribution in [1.29, 1.82) is 0 Å². The second kappa shape index (κ2) is 4.87. The van der Waals surface area contributed by atoms with Crippen LogP contribution in [0.4, 0.5) is 0 Å². The summed E-state index contributed by atoms with van der Waals surface area (Å²) < 4.78 is 5.97. The van der Waals surface area contributed by atoms with E-state index >= 15 is 0 Å². The first kappa shape index (κ1) is 15.6. The summed E-state index contributed by atoms with van der Waals surface area (Å²) in [6, 6.07) is 0. The van der Waals surface area contributed by atoms with E-state index in [-0.39, 0.29) is 5.54 Å². The summed E-state index contributed by atoms with van der Waals surface area (Å²) in [6.07, 6.45) is 3.92. The summed E-state index contributed by atoms with van der Waals surface area (Å²) in [4.78, 5) is 4.45. The molecular formula is C17H30N2O. The molecule has 1 saturated carbocycles. The molecule has 3 nitrogen and oxygen atoms in total. The SMILES string of the molecule is CC(C)(C)NCCCc1ncc(C2C(C)(C)C2(C)C)o1. The highest BCUT2D eigenvalue weighted by Crippen LogP contribution is 2.73. The van der Waals surface area contributed by atoms with Gasteiger partial charge >= 0.3 is 0 Å². The van der Waals surface area contributed by atoms with E-state index in [0.29, 0.717) is 16.7 Å². The van der Waals surface area contributed by atoms with Gasteiger partial charge in [0.05, 0.1) is 6.20 Å². The third kappa shape index (κ3) is 2.93. The van der Waals surface area contributed by atoms with E-state index in [1.165, 1.54) is 0 Å². The molecule has 1 heterocycles. The third-order valence-electron chi connectivity index (χ3n) is 5.10. The summed E-state index contributed by atoms with van der Waals surface area (Å²) in [7, 11) is 0. The summed E-state index contributed by atoms with van der Waals surface area (Å²) in [5.41, 5.74) is 0.818. The average Bonchev–Trinajstić information content (AvgIpc) is 2.65. The highest BCUT2D eigenvalue weighted by Gasteiger charge is 2.66. The maximum Gasteiger partial charge on any atom is 0.194 e. The number of aryl methyl sites for hydroxylation is 1. The predicted molar refractivity (Wildman–Crippen MR) is 82.9 cm³/mol. The summed E-state index contributed by atoms with van der Waals surface area (Å²) >= 11 is 0. The fourth-order valence-electron chi connectivity index (χ4n) is 3.18. The molecule has 0 unspecified atom stereocenters. The topological polar surface area (TPSA) is 38.1 Å². The van der Waals surface area contributed by atoms with Crippen molar-refractivity contribution >= 4 is 0 Å². The number of nitrogens with zero attached hydrogens (tertiary/aromatic N) is 1. The standard InChI is InChI=1S/C17H30N2O/c1-15(2,3)19-10-8-9-13-18-11-12(20-13)14-16(4,5)17(14,6)7/h11,14,19H,8-10H2,1-7H3. The van der Waals surface area contributed by atoms with Gasteiger partial charge in [-0.3, -0.25) is 0 Å². The van der Waals surface area contributed by atoms with E-state index in [9.17, 15) is 0 Å². The summed E-state index contributed by atoms with van der Waals surface area (Å²) in [6.45, 7) is 16.8. The van der Waals surface area contributed by atoms with Crippen LogP contribution in [0.15, 0.2) is 10.6 Å². The zero-order valence-corrected chi connectivity index (χ0v) is 14.1. The monoisotopic (exact) mass is 278 g/mol. The molecule has 0 atom stereocenters. The van der Waals surface area contributed by atoms with Crippen molar-refractivity contribution in [2.75, 3.05) is 6.54 Å². The van der Waals surface area contributed by atoms with Crippen molar-refractivity contribution in [3.8, 4) is 0 Å². The minimum Gasteiger partial charge on any atom is -0.445 e. The Morgan fingerprint density at radius 1 is 1.20 bits per heavy atom. The van der Waals surface area contributed by atoms with Crippen LogP contribution >= 0.6 is 0 Å². The Kier molecular flexibility index (Phi) is 3.79. The van der Waals surface area contributed by atoms with Crippen LogP contribution in [-0.4, -0.2) is 17.1 Å². The van der Waals surface area contributed by atoms with Crippen molar-refractivity contribution < 1.29 is 4.42 Å². The summed E-state index contributed by atoms with van der Waals surface area (Å²) in [5, 5.41) is 3.49. The normalized spacial score (nSPS) is 21.1. The van der Waals surface area contributed by atoms with Crippen LogP contribution in [0.1, 0.15) is 72.5 Å². The van der Waals surface area contributed by atoms with Crippen LogP contribution in [-0.2, 0) is 6.42 Å². The Labute approximate surface area is 123 Å². The maximum atomic E-state index is 5.97. The van der Waals surface area contributed by atoms with E-state index in [0.717, 1.165) is 31.0 Å². The van der Waals surface area contributed by atoms with Gasteiger partial charge in [0.1, 0.15) is 5.76 Å². The van der Waals surface area contributed by atoms with Crippen LogP contribution in [0.25, 0.3) is 0 Å². The van der Waals surface area contributed by atoms with Crippen LogP contribution in [0.5, 0.6) is 0 Å². The molecule has 20 heavy (non-hydrogen) atoms. The van der Waals surface area contributed by atoms with Gasteiger partial charge in [-0.25, -0.2) is 4.98 Å². The molecule has 0 aliphatic heterocycles. The molecule has 0 amide bonds. The van der Waals surface area contributed by atoms with E-state index in [2.05, 4.69) is 58.8 Å². The Hall–Kier alpha value is -0.830. The van der Waals surface area contributed by atoms with Crippen molar-refractivity contribution in [3.05, 3.63) is 17.8 Å². The van der Waals surface area contributed by atoms with Gasteiger partial charge in [-0.05, 0) is 44.6 Å². The van der Waals surface area contributed by atoms with E-state index in [1.807, 2.05) is 6.20 Å². The van der Waals surface area contributed by atoms with Gasteiger partial charge in [0.2, 0.25) is 0 Å². The second-order valence-electron chi connectivity index (χ2n) is 8.31. The number of aromatic nitrogens is 1. The lowest BCUT2D eigenvalue weighted by atomic mass is 10.0. The first-order valence-electron chi connectivity index (χ1n) is 7.75. The van der Waals surface area contributed by atoms with Gasteiger partial charge in [-0.15, -0.1) is 0 Å². The van der Waals surface area contributed by atoms with Crippen LogP contribution in [0.3, 0.4) is 0 Å². The van der Waals surface area contributed by atoms with Crippen LogP contribution in [0, 0.1) is 10.8 Å². The van der Waals surface area contributed by atoms with Crippen molar-refractivity contribution in [2.45, 2.75) is 72.8 Å². The van der Waals surface area contributed by atoms with Gasteiger partial charge in [0, 0.05) is 17.9 Å². The van der Waals surface area contributed by atoms with Gasteiger partial charge in [0.25, 0.3) is 0 Å². The smallest absolute Gasteiger partial charge is 0.194 e. The molecule has 0 saturated heterocycles. The second-order valence-corrected chi connectivity index (χ2v) is 8.31. The number of nitrogens with one attached hydrogen (secondary N) is 1. The number of rotatable bonds is 5. The van der Waals surface area contributed by atoms with Crippen LogP contribution < -0.4 is 5.32 Å². The molecular weight excluding hydrogens is 248 g/mol. The van der Waals surface area contributed by atoms with Crippen LogP contribution in [0.2, 0.25) is 0 Å². The molecule has 0 bridgehead atoms. The van der Waals surface area contributed by atoms with E-state index in [4.69, 9.17) is 4.42 Å². The Morgan fingerprint density at radius 2 is 1.80 bits per heavy atom. The van der Waals surface area contributed by atoms with Gasteiger partial charge < -0.3 is 9.73 Å². The number of hydrogen-bond acceptors (Lipinski definition) is 3. The lowest BCUT2D eigenvalue weighted by Gasteiger charge is -2.20. The third-order valence-corrected chi connectivity index (χ3v) is 5.10. The molecule has 1 aliphatic rings. The average molecular weight is 278 g/mol. The lowest BCUT2D eigenvalue weighted by Crippen LogP contribution is -2.36. The Bertz CT molecular complexity index is 452. The Morgan fingerprint density at radius 3 is 2.30 bits per heavy atom. The van der Waals surface area contributed by atoms with Crippen molar-refractivity contribution in [3.63, 3.8) is 0 Å². The molecule has 0 aromatic carbocycles. The molecule has 1 aliphatic carbocycles. The lowest BCUT2D eigenvalue weighted by molar-refractivity contribution is 0.402. The molecule has 1 aromatic heterocycles. The summed E-state index contributed by atoms with van der Waals surface area (Å²) in [5.74, 6) is 2.46. The molecule has 1 aromatic rings. The number of hydrogen-bond donors (Lipinski definition) is 1. The largest absolute Gasteiger partial charge is 0.445 e. The van der Waals surface area contributed by atoms with Gasteiger partial charge in [0.15, 0.2) is 5.89 Å². The fourth-order valence-corrected chi connectivity index (χ4v) is 3.18. The minimum atomic E-state index is 0.184. The highest BCUT2D eigenvalue weighted by atomic mass is 16.4. The molecule has 1 fully saturated rings. The van der Waals surface area contributed by atoms with Crippen molar-refractivity contribution in [1.82, 2.24) is 10.3 Å². The fraction of sp³-hybridized carbons (Fsp3) is 0.824. The predicted octanol–water partition coefficient (Wildman–Crippen LogP) is 4.14. The zero-order valence-electron chi connectivity index (χ0n) is 14.1. The van der Waals surface area contributed by atoms with Gasteiger partial charge in [-0.1, -0.05) is 27.7 Å². The first-order chi connectivity index (χ1) is 9.06. The molecule has 0 radical (unpaired) electrons. The van der Waals surface area contributed by atoms with Crippen molar-refractivity contribution in [2.24, 2.45) is 10.8 Å².